The second-order valence-electron chi connectivity index (χ2n) is 16.3. The number of fused-ring (bicyclic) bond motifs is 4. The maximum atomic E-state index is 11.4. The number of aliphatic hydroxyl groups is 1. The van der Waals surface area contributed by atoms with Gasteiger partial charge in [0.15, 0.2) is 0 Å². The van der Waals surface area contributed by atoms with Crippen molar-refractivity contribution in [2.75, 3.05) is 59.9 Å². The van der Waals surface area contributed by atoms with E-state index >= 15 is 0 Å². The number of nitrogens with zero attached hydrogens (tertiary/aromatic N) is 4. The molecule has 8 rings (SSSR count). The van der Waals surface area contributed by atoms with E-state index in [0.29, 0.717) is 29.7 Å². The van der Waals surface area contributed by atoms with Gasteiger partial charge < -0.3 is 5.11 Å². The SMILES string of the molecule is COOSN1CCC(C2c3ccc(Cl)cc3C=C(CCCO)c3cccnc32)CC1.COOSN1CCC(C2c3ccc(Cl)cc3C=C(CCCOS(C)(=O)=O)c3cccnc32)CC1. The summed E-state index contributed by atoms with van der Waals surface area (Å²) in [6, 6.07) is 20.6. The number of benzene rings is 2. The predicted molar refractivity (Wildman–Crippen MR) is 257 cm³/mol. The number of halogens is 2. The molecule has 4 heterocycles. The molecule has 2 aromatic carbocycles. The first-order chi connectivity index (χ1) is 31.1. The zero-order valence-electron chi connectivity index (χ0n) is 36.4. The molecule has 2 saturated heterocycles. The summed E-state index contributed by atoms with van der Waals surface area (Å²) >= 11 is 15.3. The molecule has 344 valence electrons. The van der Waals surface area contributed by atoms with Crippen LogP contribution in [0.25, 0.3) is 23.3 Å². The zero-order chi connectivity index (χ0) is 45.1. The molecule has 4 aliphatic rings. The summed E-state index contributed by atoms with van der Waals surface area (Å²) in [6.45, 7) is 3.98. The molecule has 2 aliphatic heterocycles. The first kappa shape index (κ1) is 49.0. The summed E-state index contributed by atoms with van der Waals surface area (Å²) in [5.74, 6) is 1.24. The largest absolute Gasteiger partial charge is 0.396 e. The molecule has 2 aliphatic carbocycles. The lowest BCUT2D eigenvalue weighted by Crippen LogP contribution is -2.32. The molecule has 2 fully saturated rings. The van der Waals surface area contributed by atoms with Crippen LogP contribution in [0, 0.1) is 11.8 Å². The number of hydrogen-bond donors (Lipinski definition) is 1. The van der Waals surface area contributed by atoms with Crippen molar-refractivity contribution in [2.45, 2.75) is 63.2 Å². The molecule has 0 amide bonds. The minimum atomic E-state index is -3.45. The topological polar surface area (TPSA) is 133 Å². The van der Waals surface area contributed by atoms with Crippen LogP contribution in [0.4, 0.5) is 0 Å². The Balaban J connectivity index is 0.000000193. The van der Waals surface area contributed by atoms with E-state index in [1.54, 1.807) is 0 Å². The van der Waals surface area contributed by atoms with E-state index in [4.69, 9.17) is 55.8 Å². The van der Waals surface area contributed by atoms with E-state index < -0.39 is 10.1 Å². The van der Waals surface area contributed by atoms with Gasteiger partial charge in [0.1, 0.15) is 24.5 Å². The number of piperidine rings is 2. The van der Waals surface area contributed by atoms with Crippen LogP contribution in [-0.2, 0) is 32.7 Å². The Hall–Kier alpha value is -2.87. The van der Waals surface area contributed by atoms with Gasteiger partial charge in [-0.15, -0.1) is 8.67 Å². The molecule has 0 radical (unpaired) electrons. The second-order valence-corrected chi connectivity index (χ2v) is 20.4. The Kier molecular flexibility index (Phi) is 18.2. The first-order valence-corrected chi connectivity index (χ1v) is 25.6. The highest BCUT2D eigenvalue weighted by Gasteiger charge is 2.36. The molecule has 1 N–H and O–H groups in total. The summed E-state index contributed by atoms with van der Waals surface area (Å²) in [7, 11) is -0.422. The Morgan fingerprint density at radius 2 is 1.16 bits per heavy atom. The van der Waals surface area contributed by atoms with Crippen molar-refractivity contribution in [3.05, 3.63) is 128 Å². The number of aliphatic hydroxyl groups excluding tert-OH is 1. The molecule has 2 unspecified atom stereocenters. The molecule has 0 spiro atoms. The van der Waals surface area contributed by atoms with Crippen LogP contribution >= 0.6 is 47.7 Å². The predicted octanol–water partition coefficient (Wildman–Crippen LogP) is 10.7. The fourth-order valence-corrected chi connectivity index (χ4v) is 11.2. The third-order valence-electron chi connectivity index (χ3n) is 12.2. The van der Waals surface area contributed by atoms with Gasteiger partial charge in [-0.1, -0.05) is 59.6 Å². The van der Waals surface area contributed by atoms with Crippen LogP contribution in [0.1, 0.15) is 108 Å². The summed E-state index contributed by atoms with van der Waals surface area (Å²) in [5.41, 5.74) is 11.6. The molecular weight excluding hydrogens is 916 g/mol. The van der Waals surface area contributed by atoms with Crippen molar-refractivity contribution >= 4 is 81.1 Å². The first-order valence-electron chi connectivity index (χ1n) is 21.7. The van der Waals surface area contributed by atoms with Gasteiger partial charge in [-0.05, 0) is 144 Å². The quantitative estimate of drug-likeness (QED) is 0.0285. The molecule has 17 heteroatoms. The Morgan fingerprint density at radius 3 is 1.58 bits per heavy atom. The summed E-state index contributed by atoms with van der Waals surface area (Å²) in [4.78, 5) is 19.2. The van der Waals surface area contributed by atoms with E-state index in [2.05, 4.69) is 51.1 Å². The summed E-state index contributed by atoms with van der Waals surface area (Å²) in [5, 5.41) is 10.8. The van der Waals surface area contributed by atoms with Crippen molar-refractivity contribution in [2.24, 2.45) is 11.8 Å². The lowest BCUT2D eigenvalue weighted by atomic mass is 9.76. The van der Waals surface area contributed by atoms with E-state index in [1.165, 1.54) is 60.9 Å². The van der Waals surface area contributed by atoms with E-state index in [1.807, 2.05) is 42.7 Å². The number of aromatic nitrogens is 2. The van der Waals surface area contributed by atoms with Crippen molar-refractivity contribution in [3.8, 4) is 0 Å². The summed E-state index contributed by atoms with van der Waals surface area (Å²) in [6.07, 6.45) is 16.2. The smallest absolute Gasteiger partial charge is 0.264 e. The minimum absolute atomic E-state index is 0.139. The molecule has 2 aromatic heterocycles. The number of hydrogen-bond acceptors (Lipinski definition) is 14. The van der Waals surface area contributed by atoms with Gasteiger partial charge in [-0.3, -0.25) is 14.2 Å². The Labute approximate surface area is 396 Å². The van der Waals surface area contributed by atoms with Gasteiger partial charge >= 0.3 is 0 Å². The van der Waals surface area contributed by atoms with Crippen LogP contribution in [0.15, 0.2) is 73.1 Å². The molecule has 12 nitrogen and oxygen atoms in total. The Morgan fingerprint density at radius 1 is 0.703 bits per heavy atom. The highest BCUT2D eigenvalue weighted by atomic mass is 35.5. The van der Waals surface area contributed by atoms with Gasteiger partial charge in [-0.2, -0.15) is 8.42 Å². The minimum Gasteiger partial charge on any atom is -0.396 e. The Bertz CT molecular complexity index is 2360. The molecular formula is C47H56Cl2N4O8S3. The van der Waals surface area contributed by atoms with Crippen molar-refractivity contribution in [1.82, 2.24) is 18.6 Å². The fraction of sp³-hybridized carbons (Fsp3) is 0.447. The molecule has 4 aromatic rings. The number of pyridine rings is 2. The fourth-order valence-electron chi connectivity index (χ4n) is 9.43. The van der Waals surface area contributed by atoms with Gasteiger partial charge in [0.25, 0.3) is 10.1 Å². The zero-order valence-corrected chi connectivity index (χ0v) is 40.3. The van der Waals surface area contributed by atoms with Crippen LogP contribution in [-0.4, -0.2) is 92.0 Å². The van der Waals surface area contributed by atoms with Gasteiger partial charge in [0.05, 0.1) is 38.5 Å². The third-order valence-corrected chi connectivity index (χ3v) is 14.8. The van der Waals surface area contributed by atoms with E-state index in [-0.39, 0.29) is 25.0 Å². The van der Waals surface area contributed by atoms with Crippen LogP contribution in [0.5, 0.6) is 0 Å². The lowest BCUT2D eigenvalue weighted by molar-refractivity contribution is -0.164. The molecule has 64 heavy (non-hydrogen) atoms. The van der Waals surface area contributed by atoms with Gasteiger partial charge in [0, 0.05) is 67.1 Å². The second kappa shape index (κ2) is 23.7. The van der Waals surface area contributed by atoms with E-state index in [0.717, 1.165) is 110 Å². The maximum absolute atomic E-state index is 11.4. The van der Waals surface area contributed by atoms with Crippen LogP contribution in [0.3, 0.4) is 0 Å². The number of allylic oxidation sites excluding steroid dienone is 2. The monoisotopic (exact) mass is 970 g/mol. The van der Waals surface area contributed by atoms with Crippen molar-refractivity contribution in [3.63, 3.8) is 0 Å². The van der Waals surface area contributed by atoms with Crippen molar-refractivity contribution < 1.29 is 36.2 Å². The summed E-state index contributed by atoms with van der Waals surface area (Å²) < 4.78 is 42.1. The van der Waals surface area contributed by atoms with Crippen molar-refractivity contribution in [1.29, 1.82) is 0 Å². The standard InChI is InChI=1S/C24H29ClN2O5S2.C23H27ClN2O3S/c1-30-32-33-27-12-9-17(10-13-27)23-21-8-7-20(25)16-19(21)15-18(5-4-14-31-34(2,28)29)22-6-3-11-26-24(22)23;1-28-29-30-26-11-8-16(9-12-26)22-20-7-6-19(24)15-18(20)14-17(4-3-13-27)21-5-2-10-25-23(21)22/h3,6-8,11,15-17,23H,4-5,9-10,12-14H2,1-2H3;2,5-7,10,14-16,22,27H,3-4,8-9,11-13H2,1H3. The van der Waals surface area contributed by atoms with Crippen LogP contribution < -0.4 is 0 Å². The normalized spacial score (nSPS) is 19.5. The maximum Gasteiger partial charge on any atom is 0.264 e. The molecule has 2 atom stereocenters. The average Bonchev–Trinajstić information content (AvgIpc) is 3.52. The average molecular weight is 972 g/mol. The molecule has 0 saturated carbocycles. The van der Waals surface area contributed by atoms with Crippen LogP contribution in [0.2, 0.25) is 10.0 Å². The van der Waals surface area contributed by atoms with Gasteiger partial charge in [0.2, 0.25) is 0 Å². The highest BCUT2D eigenvalue weighted by molar-refractivity contribution is 7.92. The third kappa shape index (κ3) is 12.8. The van der Waals surface area contributed by atoms with Gasteiger partial charge in [-0.25, -0.2) is 18.4 Å². The van der Waals surface area contributed by atoms with E-state index in [9.17, 15) is 13.5 Å². The molecule has 0 bridgehead atoms. The number of rotatable bonds is 16. The lowest BCUT2D eigenvalue weighted by Gasteiger charge is -2.35. The highest BCUT2D eigenvalue weighted by Crippen LogP contribution is 2.48.